The molecule has 3 rings (SSSR count). The predicted octanol–water partition coefficient (Wildman–Crippen LogP) is 4.17. The second-order valence-corrected chi connectivity index (χ2v) is 7.18. The van der Waals surface area contributed by atoms with Crippen LogP contribution < -0.4 is 10.9 Å². The summed E-state index contributed by atoms with van der Waals surface area (Å²) >= 11 is 6.17. The Kier molecular flexibility index (Phi) is 5.62. The van der Waals surface area contributed by atoms with Crippen molar-refractivity contribution in [1.29, 1.82) is 0 Å². The van der Waals surface area contributed by atoms with Crippen molar-refractivity contribution in [2.75, 3.05) is 0 Å². The van der Waals surface area contributed by atoms with Gasteiger partial charge in [0.05, 0.1) is 0 Å². The van der Waals surface area contributed by atoms with Crippen LogP contribution in [0, 0.1) is 6.92 Å². The first-order valence-corrected chi connectivity index (χ1v) is 9.33. The molecular formula is C21H23ClN2O2. The number of benzene rings is 1. The zero-order chi connectivity index (χ0) is 18.7. The molecule has 0 saturated heterocycles. The van der Waals surface area contributed by atoms with Gasteiger partial charge >= 0.3 is 0 Å². The quantitative estimate of drug-likeness (QED) is 0.718. The Morgan fingerprint density at radius 3 is 2.69 bits per heavy atom. The summed E-state index contributed by atoms with van der Waals surface area (Å²) in [5.41, 5.74) is 4.37. The van der Waals surface area contributed by atoms with Gasteiger partial charge in [0.15, 0.2) is 0 Å². The van der Waals surface area contributed by atoms with Gasteiger partial charge in [0, 0.05) is 27.9 Å². The molecule has 0 aliphatic heterocycles. The van der Waals surface area contributed by atoms with Crippen molar-refractivity contribution in [2.45, 2.75) is 45.1 Å². The fourth-order valence-electron chi connectivity index (χ4n) is 3.08. The van der Waals surface area contributed by atoms with Crippen LogP contribution >= 0.6 is 11.6 Å². The molecule has 1 aromatic carbocycles. The van der Waals surface area contributed by atoms with Gasteiger partial charge in [0.2, 0.25) is 6.41 Å². The lowest BCUT2D eigenvalue weighted by molar-refractivity contribution is -0.109. The van der Waals surface area contributed by atoms with E-state index < -0.39 is 0 Å². The standard InChI is InChI=1S/C21H23ClN2O2/c1-3-16(23-12-25)11-18(15-6-8-19(22)13(2)10-15)20-9-7-17(14-4-5-14)21(26)24-20/h6-12,14,16H,3-5H2,1-2H3,(H,23,25)(H,24,26)/b18-11+/t16-/m1/s1. The van der Waals surface area contributed by atoms with Crippen LogP contribution in [0.3, 0.4) is 0 Å². The first-order valence-electron chi connectivity index (χ1n) is 8.95. The number of pyridine rings is 1. The van der Waals surface area contributed by atoms with Crippen LogP contribution in [0.5, 0.6) is 0 Å². The highest BCUT2D eigenvalue weighted by atomic mass is 35.5. The summed E-state index contributed by atoms with van der Waals surface area (Å²) in [4.78, 5) is 26.4. The van der Waals surface area contributed by atoms with E-state index in [0.717, 1.165) is 47.2 Å². The number of halogens is 1. The number of H-pyrrole nitrogens is 1. The fourth-order valence-corrected chi connectivity index (χ4v) is 3.20. The molecule has 0 spiro atoms. The Morgan fingerprint density at radius 1 is 1.35 bits per heavy atom. The molecule has 1 amide bonds. The van der Waals surface area contributed by atoms with E-state index in [1.807, 2.05) is 50.3 Å². The van der Waals surface area contributed by atoms with E-state index in [-0.39, 0.29) is 11.6 Å². The monoisotopic (exact) mass is 370 g/mol. The number of aryl methyl sites for hydroxylation is 1. The van der Waals surface area contributed by atoms with E-state index in [4.69, 9.17) is 11.6 Å². The van der Waals surface area contributed by atoms with Gasteiger partial charge in [-0.1, -0.05) is 36.7 Å². The maximum Gasteiger partial charge on any atom is 0.251 e. The maximum absolute atomic E-state index is 12.5. The molecule has 1 saturated carbocycles. The Bertz CT molecular complexity index is 897. The summed E-state index contributed by atoms with van der Waals surface area (Å²) in [5, 5.41) is 3.51. The average Bonchev–Trinajstić information content (AvgIpc) is 3.46. The zero-order valence-corrected chi connectivity index (χ0v) is 15.8. The lowest BCUT2D eigenvalue weighted by atomic mass is 9.97. The second kappa shape index (κ2) is 7.92. The summed E-state index contributed by atoms with van der Waals surface area (Å²) in [6, 6.07) is 9.54. The summed E-state index contributed by atoms with van der Waals surface area (Å²) in [7, 11) is 0. The minimum Gasteiger partial charge on any atom is -0.352 e. The summed E-state index contributed by atoms with van der Waals surface area (Å²) in [6.45, 7) is 3.95. The van der Waals surface area contributed by atoms with Crippen molar-refractivity contribution < 1.29 is 4.79 Å². The van der Waals surface area contributed by atoms with Gasteiger partial charge < -0.3 is 10.3 Å². The molecule has 2 aromatic rings. The molecule has 1 fully saturated rings. The third kappa shape index (κ3) is 4.07. The van der Waals surface area contributed by atoms with Gasteiger partial charge in [-0.3, -0.25) is 9.59 Å². The van der Waals surface area contributed by atoms with Crippen molar-refractivity contribution in [2.24, 2.45) is 0 Å². The minimum atomic E-state index is -0.120. The van der Waals surface area contributed by atoms with E-state index in [1.54, 1.807) is 0 Å². The Hall–Kier alpha value is -2.33. The van der Waals surface area contributed by atoms with E-state index in [0.29, 0.717) is 17.4 Å². The van der Waals surface area contributed by atoms with Gasteiger partial charge in [-0.25, -0.2) is 0 Å². The van der Waals surface area contributed by atoms with Crippen LogP contribution in [0.25, 0.3) is 5.57 Å². The van der Waals surface area contributed by atoms with Crippen LogP contribution in [0.4, 0.5) is 0 Å². The van der Waals surface area contributed by atoms with Gasteiger partial charge in [-0.2, -0.15) is 0 Å². The molecular weight excluding hydrogens is 348 g/mol. The number of hydrogen-bond acceptors (Lipinski definition) is 2. The molecule has 1 atom stereocenters. The van der Waals surface area contributed by atoms with E-state index in [9.17, 15) is 9.59 Å². The molecule has 1 heterocycles. The van der Waals surface area contributed by atoms with Crippen molar-refractivity contribution in [3.8, 4) is 0 Å². The molecule has 0 unspecified atom stereocenters. The molecule has 136 valence electrons. The molecule has 26 heavy (non-hydrogen) atoms. The normalized spacial score (nSPS) is 15.6. The molecule has 0 radical (unpaired) electrons. The highest BCUT2D eigenvalue weighted by Gasteiger charge is 2.26. The largest absolute Gasteiger partial charge is 0.352 e. The first kappa shape index (κ1) is 18.5. The van der Waals surface area contributed by atoms with Gasteiger partial charge in [-0.05, 0) is 61.4 Å². The number of carbonyl (C=O) groups excluding carboxylic acids is 1. The molecule has 5 heteroatoms. The van der Waals surface area contributed by atoms with Gasteiger partial charge in [0.1, 0.15) is 0 Å². The third-order valence-electron chi connectivity index (χ3n) is 4.81. The summed E-state index contributed by atoms with van der Waals surface area (Å²) < 4.78 is 0. The van der Waals surface area contributed by atoms with Crippen LogP contribution in [0.2, 0.25) is 5.02 Å². The van der Waals surface area contributed by atoms with Crippen molar-refractivity contribution in [3.63, 3.8) is 0 Å². The zero-order valence-electron chi connectivity index (χ0n) is 15.0. The highest BCUT2D eigenvalue weighted by Crippen LogP contribution is 2.38. The van der Waals surface area contributed by atoms with E-state index >= 15 is 0 Å². The first-order chi connectivity index (χ1) is 12.5. The number of carbonyl (C=O) groups is 1. The summed E-state index contributed by atoms with van der Waals surface area (Å²) in [6.07, 6.45) is 5.61. The number of nitrogens with one attached hydrogen (secondary N) is 2. The fraction of sp³-hybridized carbons (Fsp3) is 0.333. The molecule has 2 N–H and O–H groups in total. The van der Waals surface area contributed by atoms with Crippen LogP contribution in [-0.4, -0.2) is 17.4 Å². The Morgan fingerprint density at radius 2 is 2.12 bits per heavy atom. The smallest absolute Gasteiger partial charge is 0.251 e. The van der Waals surface area contributed by atoms with E-state index in [1.165, 1.54) is 0 Å². The Labute approximate surface area is 158 Å². The molecule has 4 nitrogen and oxygen atoms in total. The highest BCUT2D eigenvalue weighted by molar-refractivity contribution is 6.31. The average molecular weight is 371 g/mol. The van der Waals surface area contributed by atoms with Crippen LogP contribution in [-0.2, 0) is 4.79 Å². The second-order valence-electron chi connectivity index (χ2n) is 6.77. The van der Waals surface area contributed by atoms with Crippen LogP contribution in [0.1, 0.15) is 54.5 Å². The van der Waals surface area contributed by atoms with Crippen molar-refractivity contribution in [3.05, 3.63) is 74.2 Å². The third-order valence-corrected chi connectivity index (χ3v) is 5.23. The van der Waals surface area contributed by atoms with Crippen LogP contribution in [0.15, 0.2) is 41.2 Å². The molecule has 1 aromatic heterocycles. The topological polar surface area (TPSA) is 62.0 Å². The Balaban J connectivity index is 2.08. The molecule has 0 bridgehead atoms. The van der Waals surface area contributed by atoms with E-state index in [2.05, 4.69) is 10.3 Å². The number of aromatic amines is 1. The number of hydrogen-bond donors (Lipinski definition) is 2. The number of amides is 1. The minimum absolute atomic E-state index is 0.0296. The van der Waals surface area contributed by atoms with Gasteiger partial charge in [0.25, 0.3) is 5.56 Å². The molecule has 1 aliphatic rings. The van der Waals surface area contributed by atoms with Gasteiger partial charge in [-0.15, -0.1) is 0 Å². The summed E-state index contributed by atoms with van der Waals surface area (Å²) in [5.74, 6) is 0.401. The lowest BCUT2D eigenvalue weighted by Gasteiger charge is -2.15. The predicted molar refractivity (Wildman–Crippen MR) is 106 cm³/mol. The SMILES string of the molecule is CC[C@H](/C=C(\c1ccc(Cl)c(C)c1)c1ccc(C2CC2)c(=O)[nH]1)NC=O. The van der Waals surface area contributed by atoms with Crippen molar-refractivity contribution in [1.82, 2.24) is 10.3 Å². The molecule has 1 aliphatic carbocycles. The number of aromatic nitrogens is 1. The maximum atomic E-state index is 12.5. The number of rotatable bonds is 7. The van der Waals surface area contributed by atoms with Crippen molar-refractivity contribution >= 4 is 23.6 Å². The lowest BCUT2D eigenvalue weighted by Crippen LogP contribution is -2.25.